The second-order valence-corrected chi connectivity index (χ2v) is 2.48. The Balaban J connectivity index is 0.000000720. The van der Waals surface area contributed by atoms with Crippen molar-refractivity contribution in [2.75, 3.05) is 0 Å². The molecule has 2 aromatic rings. The number of hydrogen-bond donors (Lipinski definition) is 0. The molecule has 0 spiro atoms. The Morgan fingerprint density at radius 1 is 0.833 bits per heavy atom. The van der Waals surface area contributed by atoms with Gasteiger partial charge in [-0.15, -0.1) is 0 Å². The van der Waals surface area contributed by atoms with Gasteiger partial charge in [0.1, 0.15) is 0 Å². The SMILES string of the molecule is O.[O]c1cccc2ccccc12. The van der Waals surface area contributed by atoms with Crippen molar-refractivity contribution in [1.82, 2.24) is 0 Å². The summed E-state index contributed by atoms with van der Waals surface area (Å²) in [6, 6.07) is 12.9. The lowest BCUT2D eigenvalue weighted by molar-refractivity contribution is 0.360. The van der Waals surface area contributed by atoms with Crippen LogP contribution in [-0.4, -0.2) is 5.48 Å². The normalized spacial score (nSPS) is 9.33. The average molecular weight is 161 g/mol. The topological polar surface area (TPSA) is 51.4 Å². The van der Waals surface area contributed by atoms with Crippen LogP contribution in [0.5, 0.6) is 5.75 Å². The van der Waals surface area contributed by atoms with Gasteiger partial charge in [-0.2, -0.15) is 0 Å². The third kappa shape index (κ3) is 1.24. The molecular weight excluding hydrogens is 152 g/mol. The zero-order chi connectivity index (χ0) is 7.68. The fraction of sp³-hybridized carbons (Fsp3) is 0. The monoisotopic (exact) mass is 161 g/mol. The van der Waals surface area contributed by atoms with Crippen molar-refractivity contribution in [1.29, 1.82) is 0 Å². The van der Waals surface area contributed by atoms with E-state index in [0.717, 1.165) is 10.8 Å². The Hall–Kier alpha value is -1.54. The molecule has 2 aromatic carbocycles. The minimum atomic E-state index is 0. The van der Waals surface area contributed by atoms with Crippen LogP contribution >= 0.6 is 0 Å². The summed E-state index contributed by atoms with van der Waals surface area (Å²) in [7, 11) is 0. The fourth-order valence-electron chi connectivity index (χ4n) is 1.20. The molecule has 61 valence electrons. The summed E-state index contributed by atoms with van der Waals surface area (Å²) in [6.45, 7) is 0. The number of benzene rings is 2. The molecule has 2 heteroatoms. The van der Waals surface area contributed by atoms with Crippen LogP contribution in [0.1, 0.15) is 0 Å². The van der Waals surface area contributed by atoms with E-state index in [1.54, 1.807) is 12.1 Å². The maximum absolute atomic E-state index is 11.2. The van der Waals surface area contributed by atoms with Gasteiger partial charge in [0.25, 0.3) is 0 Å². The predicted octanol–water partition coefficient (Wildman–Crippen LogP) is 2.16. The molecule has 0 aromatic heterocycles. The smallest absolute Gasteiger partial charge is 0.186 e. The molecule has 0 amide bonds. The number of rotatable bonds is 0. The molecule has 0 aliphatic rings. The van der Waals surface area contributed by atoms with Crippen molar-refractivity contribution in [2.45, 2.75) is 0 Å². The molecule has 0 saturated carbocycles. The number of hydrogen-bond acceptors (Lipinski definition) is 0. The van der Waals surface area contributed by atoms with E-state index in [4.69, 9.17) is 0 Å². The molecule has 0 saturated heterocycles. The Labute approximate surface area is 70.4 Å². The minimum Gasteiger partial charge on any atom is -0.412 e. The van der Waals surface area contributed by atoms with Crippen LogP contribution in [0.2, 0.25) is 0 Å². The first kappa shape index (κ1) is 8.56. The molecule has 1 radical (unpaired) electrons. The highest BCUT2D eigenvalue weighted by atomic mass is 16.3. The first-order valence-corrected chi connectivity index (χ1v) is 3.53. The number of fused-ring (bicyclic) bond motifs is 1. The Kier molecular flexibility index (Phi) is 2.31. The third-order valence-electron chi connectivity index (χ3n) is 1.75. The molecule has 0 bridgehead atoms. The van der Waals surface area contributed by atoms with Crippen molar-refractivity contribution in [3.8, 4) is 5.75 Å². The minimum absolute atomic E-state index is 0. The summed E-state index contributed by atoms with van der Waals surface area (Å²) in [5.74, 6) is 0.100. The van der Waals surface area contributed by atoms with Crippen LogP contribution in [0.3, 0.4) is 0 Å². The first-order valence-electron chi connectivity index (χ1n) is 3.53. The lowest BCUT2D eigenvalue weighted by atomic mass is 10.1. The summed E-state index contributed by atoms with van der Waals surface area (Å²) in [5, 5.41) is 13.0. The van der Waals surface area contributed by atoms with Gasteiger partial charge in [0, 0.05) is 5.39 Å². The van der Waals surface area contributed by atoms with Gasteiger partial charge >= 0.3 is 0 Å². The summed E-state index contributed by atoms with van der Waals surface area (Å²) in [6.07, 6.45) is 0. The maximum atomic E-state index is 11.2. The van der Waals surface area contributed by atoms with Gasteiger partial charge in [-0.1, -0.05) is 36.4 Å². The Morgan fingerprint density at radius 2 is 1.50 bits per heavy atom. The average Bonchev–Trinajstić information content (AvgIpc) is 2.06. The summed E-state index contributed by atoms with van der Waals surface area (Å²) in [5.41, 5.74) is 0. The van der Waals surface area contributed by atoms with Crippen LogP contribution in [0, 0.1) is 0 Å². The standard InChI is InChI=1S/C10H7O.H2O/c11-10-7-3-5-8-4-1-2-6-9(8)10;/h1-7H;1H2. The largest absolute Gasteiger partial charge is 0.412 e. The molecule has 0 aliphatic carbocycles. The lowest BCUT2D eigenvalue weighted by Crippen LogP contribution is -1.69. The lowest BCUT2D eigenvalue weighted by Gasteiger charge is -1.95. The third-order valence-corrected chi connectivity index (χ3v) is 1.75. The quantitative estimate of drug-likeness (QED) is 0.568. The molecule has 0 unspecified atom stereocenters. The highest BCUT2D eigenvalue weighted by Gasteiger charge is 1.96. The second-order valence-electron chi connectivity index (χ2n) is 2.48. The van der Waals surface area contributed by atoms with E-state index < -0.39 is 0 Å². The van der Waals surface area contributed by atoms with Crippen molar-refractivity contribution < 1.29 is 10.6 Å². The van der Waals surface area contributed by atoms with Crippen LogP contribution in [0.4, 0.5) is 0 Å². The van der Waals surface area contributed by atoms with E-state index in [1.165, 1.54) is 0 Å². The molecule has 2 N–H and O–H groups in total. The van der Waals surface area contributed by atoms with Crippen LogP contribution < -0.4 is 0 Å². The van der Waals surface area contributed by atoms with Gasteiger partial charge < -0.3 is 5.48 Å². The molecule has 12 heavy (non-hydrogen) atoms. The zero-order valence-corrected chi connectivity index (χ0v) is 6.45. The zero-order valence-electron chi connectivity index (χ0n) is 6.45. The summed E-state index contributed by atoms with van der Waals surface area (Å²) >= 11 is 0. The summed E-state index contributed by atoms with van der Waals surface area (Å²) in [4.78, 5) is 0. The molecule has 2 rings (SSSR count). The first-order chi connectivity index (χ1) is 5.38. The Bertz CT molecular complexity index is 377. The van der Waals surface area contributed by atoms with Gasteiger partial charge in [-0.3, -0.25) is 5.11 Å². The maximum Gasteiger partial charge on any atom is 0.186 e. The van der Waals surface area contributed by atoms with Crippen LogP contribution in [-0.2, 0) is 5.11 Å². The molecular formula is C10H9O2. The second kappa shape index (κ2) is 3.24. The molecule has 0 atom stereocenters. The van der Waals surface area contributed by atoms with Crippen molar-refractivity contribution in [2.24, 2.45) is 0 Å². The molecule has 0 aliphatic heterocycles. The van der Waals surface area contributed by atoms with Crippen molar-refractivity contribution >= 4 is 10.8 Å². The highest BCUT2D eigenvalue weighted by molar-refractivity contribution is 5.87. The van der Waals surface area contributed by atoms with Crippen molar-refractivity contribution in [3.63, 3.8) is 0 Å². The van der Waals surface area contributed by atoms with E-state index in [2.05, 4.69) is 0 Å². The highest BCUT2D eigenvalue weighted by Crippen LogP contribution is 2.23. The van der Waals surface area contributed by atoms with E-state index in [1.807, 2.05) is 30.3 Å². The van der Waals surface area contributed by atoms with Crippen molar-refractivity contribution in [3.05, 3.63) is 42.5 Å². The van der Waals surface area contributed by atoms with Crippen LogP contribution in [0.25, 0.3) is 10.8 Å². The van der Waals surface area contributed by atoms with E-state index >= 15 is 0 Å². The molecule has 2 nitrogen and oxygen atoms in total. The van der Waals surface area contributed by atoms with Gasteiger partial charge in [0.15, 0.2) is 5.75 Å². The van der Waals surface area contributed by atoms with E-state index in [0.29, 0.717) is 0 Å². The van der Waals surface area contributed by atoms with E-state index in [9.17, 15) is 5.11 Å². The van der Waals surface area contributed by atoms with Gasteiger partial charge in [-0.05, 0) is 11.5 Å². The van der Waals surface area contributed by atoms with E-state index in [-0.39, 0.29) is 11.2 Å². The Morgan fingerprint density at radius 3 is 2.25 bits per heavy atom. The predicted molar refractivity (Wildman–Crippen MR) is 47.7 cm³/mol. The summed E-state index contributed by atoms with van der Waals surface area (Å²) < 4.78 is 0. The van der Waals surface area contributed by atoms with Gasteiger partial charge in [-0.25, -0.2) is 0 Å². The van der Waals surface area contributed by atoms with Crippen LogP contribution in [0.15, 0.2) is 42.5 Å². The molecule has 0 heterocycles. The van der Waals surface area contributed by atoms with Gasteiger partial charge in [0.05, 0.1) is 0 Å². The molecule has 0 fully saturated rings. The fourth-order valence-corrected chi connectivity index (χ4v) is 1.20. The van der Waals surface area contributed by atoms with Gasteiger partial charge in [0.2, 0.25) is 0 Å².